The fourth-order valence-corrected chi connectivity index (χ4v) is 2.43. The van der Waals surface area contributed by atoms with Gasteiger partial charge in [-0.3, -0.25) is 9.48 Å². The summed E-state index contributed by atoms with van der Waals surface area (Å²) in [6, 6.07) is 4.94. The highest BCUT2D eigenvalue weighted by molar-refractivity contribution is 7.80. The van der Waals surface area contributed by atoms with Gasteiger partial charge in [-0.25, -0.2) is 0 Å². The first-order chi connectivity index (χ1) is 9.85. The Balaban J connectivity index is 2.13. The van der Waals surface area contributed by atoms with Gasteiger partial charge in [0, 0.05) is 29.0 Å². The lowest BCUT2D eigenvalue weighted by molar-refractivity contribution is 0.0995. The number of aryl methyl sites for hydroxylation is 1. The van der Waals surface area contributed by atoms with Crippen LogP contribution in [0.2, 0.25) is 10.0 Å². The van der Waals surface area contributed by atoms with Crippen molar-refractivity contribution >= 4 is 57.8 Å². The van der Waals surface area contributed by atoms with Crippen LogP contribution < -0.4 is 16.4 Å². The lowest BCUT2D eigenvalue weighted by Crippen LogP contribution is -2.21. The number of hydrogen-bond acceptors (Lipinski definition) is 3. The molecule has 9 heteroatoms. The van der Waals surface area contributed by atoms with Crippen LogP contribution >= 0.6 is 35.4 Å². The predicted molar refractivity (Wildman–Crippen MR) is 88.0 cm³/mol. The number of rotatable bonds is 3. The number of carbonyl (C=O) groups is 1. The average molecular weight is 344 g/mol. The maximum atomic E-state index is 11.3. The summed E-state index contributed by atoms with van der Waals surface area (Å²) < 4.78 is 1.46. The van der Waals surface area contributed by atoms with Crippen molar-refractivity contribution in [1.29, 1.82) is 0 Å². The largest absolute Gasteiger partial charge is 0.364 e. The molecule has 2 rings (SSSR count). The summed E-state index contributed by atoms with van der Waals surface area (Å²) in [5, 5.41) is 10.9. The monoisotopic (exact) mass is 343 g/mol. The van der Waals surface area contributed by atoms with Gasteiger partial charge in [0.15, 0.2) is 10.8 Å². The minimum Gasteiger partial charge on any atom is -0.364 e. The Morgan fingerprint density at radius 2 is 1.90 bits per heavy atom. The number of nitrogens with one attached hydrogen (secondary N) is 2. The van der Waals surface area contributed by atoms with Gasteiger partial charge in [0.2, 0.25) is 0 Å². The summed E-state index contributed by atoms with van der Waals surface area (Å²) in [7, 11) is 1.67. The SMILES string of the molecule is Cn1cc(NC(=S)Nc2cc(Cl)cc(Cl)c2)c(C(N)=O)n1. The van der Waals surface area contributed by atoms with Crippen LogP contribution in [0.3, 0.4) is 0 Å². The maximum absolute atomic E-state index is 11.3. The molecule has 21 heavy (non-hydrogen) atoms. The van der Waals surface area contributed by atoms with E-state index in [1.165, 1.54) is 4.68 Å². The van der Waals surface area contributed by atoms with E-state index in [-0.39, 0.29) is 10.8 Å². The number of nitrogens with zero attached hydrogens (tertiary/aromatic N) is 2. The average Bonchev–Trinajstić information content (AvgIpc) is 2.68. The van der Waals surface area contributed by atoms with Crippen LogP contribution in [0.1, 0.15) is 10.5 Å². The number of thiocarbonyl (C=S) groups is 1. The highest BCUT2D eigenvalue weighted by Gasteiger charge is 2.14. The third-order valence-corrected chi connectivity index (χ3v) is 3.07. The number of aromatic nitrogens is 2. The topological polar surface area (TPSA) is 85.0 Å². The molecule has 0 saturated carbocycles. The summed E-state index contributed by atoms with van der Waals surface area (Å²) in [6.07, 6.45) is 1.60. The molecule has 4 N–H and O–H groups in total. The van der Waals surface area contributed by atoms with Gasteiger partial charge in [-0.2, -0.15) is 5.10 Å². The Kier molecular flexibility index (Phi) is 4.66. The Morgan fingerprint density at radius 1 is 1.29 bits per heavy atom. The van der Waals surface area contributed by atoms with Gasteiger partial charge >= 0.3 is 0 Å². The van der Waals surface area contributed by atoms with Crippen LogP contribution in [0.15, 0.2) is 24.4 Å². The van der Waals surface area contributed by atoms with E-state index in [2.05, 4.69) is 15.7 Å². The zero-order valence-electron chi connectivity index (χ0n) is 10.9. The van der Waals surface area contributed by atoms with Crippen LogP contribution in [0.4, 0.5) is 11.4 Å². The Labute approximate surface area is 136 Å². The molecule has 0 unspecified atom stereocenters. The first-order valence-corrected chi connectivity index (χ1v) is 6.89. The lowest BCUT2D eigenvalue weighted by Gasteiger charge is -2.10. The molecule has 0 aliphatic rings. The molecule has 0 aliphatic heterocycles. The molecule has 0 aliphatic carbocycles. The Bertz CT molecular complexity index is 695. The van der Waals surface area contributed by atoms with E-state index in [4.69, 9.17) is 41.2 Å². The van der Waals surface area contributed by atoms with E-state index in [1.807, 2.05) is 0 Å². The minimum atomic E-state index is -0.647. The van der Waals surface area contributed by atoms with E-state index in [1.54, 1.807) is 31.4 Å². The zero-order chi connectivity index (χ0) is 15.6. The van der Waals surface area contributed by atoms with Gasteiger partial charge in [-0.15, -0.1) is 0 Å². The quantitative estimate of drug-likeness (QED) is 0.746. The standard InChI is InChI=1S/C12H11Cl2N5OS/c1-19-5-9(10(18-19)11(15)20)17-12(21)16-8-3-6(13)2-7(14)4-8/h2-5H,1H3,(H2,15,20)(H2,16,17,21). The van der Waals surface area contributed by atoms with Crippen LogP contribution in [0.25, 0.3) is 0 Å². The fourth-order valence-electron chi connectivity index (χ4n) is 1.67. The number of halogens is 2. The molecule has 1 aromatic heterocycles. The summed E-state index contributed by atoms with van der Waals surface area (Å²) in [4.78, 5) is 11.3. The van der Waals surface area contributed by atoms with Crippen molar-refractivity contribution < 1.29 is 4.79 Å². The lowest BCUT2D eigenvalue weighted by atomic mass is 10.3. The molecule has 0 atom stereocenters. The minimum absolute atomic E-state index is 0.103. The molecule has 0 fully saturated rings. The van der Waals surface area contributed by atoms with Crippen molar-refractivity contribution in [3.05, 3.63) is 40.1 Å². The number of anilines is 2. The third kappa shape index (κ3) is 4.07. The first-order valence-electron chi connectivity index (χ1n) is 5.72. The second-order valence-corrected chi connectivity index (χ2v) is 5.45. The molecule has 0 bridgehead atoms. The number of hydrogen-bond donors (Lipinski definition) is 3. The number of carbonyl (C=O) groups excluding carboxylic acids is 1. The van der Waals surface area contributed by atoms with Crippen molar-refractivity contribution in [2.45, 2.75) is 0 Å². The van der Waals surface area contributed by atoms with Crippen molar-refractivity contribution in [1.82, 2.24) is 9.78 Å². The van der Waals surface area contributed by atoms with Crippen molar-refractivity contribution in [2.24, 2.45) is 12.8 Å². The van der Waals surface area contributed by atoms with Gasteiger partial charge in [0.05, 0.1) is 5.69 Å². The second kappa shape index (κ2) is 6.30. The Morgan fingerprint density at radius 3 is 2.48 bits per heavy atom. The summed E-state index contributed by atoms with van der Waals surface area (Å²) in [5.74, 6) is -0.647. The van der Waals surface area contributed by atoms with E-state index in [9.17, 15) is 4.79 Å². The van der Waals surface area contributed by atoms with Crippen LogP contribution in [0.5, 0.6) is 0 Å². The van der Waals surface area contributed by atoms with Crippen LogP contribution in [-0.2, 0) is 7.05 Å². The van der Waals surface area contributed by atoms with Gasteiger partial charge < -0.3 is 16.4 Å². The third-order valence-electron chi connectivity index (χ3n) is 2.43. The summed E-state index contributed by atoms with van der Waals surface area (Å²) in [5.41, 5.74) is 6.38. The molecular weight excluding hydrogens is 333 g/mol. The molecule has 2 aromatic rings. The van der Waals surface area contributed by atoms with E-state index in [0.717, 1.165) is 0 Å². The maximum Gasteiger partial charge on any atom is 0.271 e. The highest BCUT2D eigenvalue weighted by atomic mass is 35.5. The molecule has 0 saturated heterocycles. The molecule has 1 aromatic carbocycles. The fraction of sp³-hybridized carbons (Fsp3) is 0.0833. The smallest absolute Gasteiger partial charge is 0.271 e. The van der Waals surface area contributed by atoms with Gasteiger partial charge in [0.25, 0.3) is 5.91 Å². The van der Waals surface area contributed by atoms with Crippen molar-refractivity contribution in [3.8, 4) is 0 Å². The molecule has 0 radical (unpaired) electrons. The number of nitrogens with two attached hydrogens (primary N) is 1. The molecule has 1 heterocycles. The molecule has 110 valence electrons. The molecule has 0 spiro atoms. The number of benzene rings is 1. The van der Waals surface area contributed by atoms with Crippen molar-refractivity contribution in [2.75, 3.05) is 10.6 Å². The van der Waals surface area contributed by atoms with Crippen LogP contribution in [-0.4, -0.2) is 20.8 Å². The van der Waals surface area contributed by atoms with Crippen LogP contribution in [0, 0.1) is 0 Å². The number of amides is 1. The highest BCUT2D eigenvalue weighted by Crippen LogP contribution is 2.22. The first kappa shape index (κ1) is 15.6. The van der Waals surface area contributed by atoms with Gasteiger partial charge in [-0.05, 0) is 30.4 Å². The van der Waals surface area contributed by atoms with Gasteiger partial charge in [0.1, 0.15) is 0 Å². The summed E-state index contributed by atoms with van der Waals surface area (Å²) >= 11 is 17.0. The number of primary amides is 1. The zero-order valence-corrected chi connectivity index (χ0v) is 13.2. The Hall–Kier alpha value is -1.83. The normalized spacial score (nSPS) is 10.2. The summed E-state index contributed by atoms with van der Waals surface area (Å²) in [6.45, 7) is 0. The second-order valence-electron chi connectivity index (χ2n) is 4.17. The predicted octanol–water partition coefficient (Wildman–Crippen LogP) is 2.63. The van der Waals surface area contributed by atoms with E-state index in [0.29, 0.717) is 21.4 Å². The molecule has 1 amide bonds. The van der Waals surface area contributed by atoms with E-state index < -0.39 is 5.91 Å². The van der Waals surface area contributed by atoms with E-state index >= 15 is 0 Å². The van der Waals surface area contributed by atoms with Gasteiger partial charge in [-0.1, -0.05) is 23.2 Å². The molecular formula is C12H11Cl2N5OS. The van der Waals surface area contributed by atoms with Crippen molar-refractivity contribution in [3.63, 3.8) is 0 Å². The molecule has 6 nitrogen and oxygen atoms in total.